The Kier molecular flexibility index (Phi) is 6.03. The molecule has 0 aromatic heterocycles. The first kappa shape index (κ1) is 23.7. The Morgan fingerprint density at radius 3 is 2.67 bits per heavy atom. The van der Waals surface area contributed by atoms with Gasteiger partial charge in [-0.05, 0) is 64.2 Å². The number of nitrogens with one attached hydrogen (secondary N) is 1. The lowest BCUT2D eigenvalue weighted by Gasteiger charge is -2.36. The highest BCUT2D eigenvalue weighted by atomic mass is 16.6. The number of esters is 1. The number of nitrogens with zero attached hydrogens (tertiary/aromatic N) is 1. The van der Waals surface area contributed by atoms with Crippen LogP contribution in [0.4, 0.5) is 5.69 Å². The molecule has 0 saturated carbocycles. The van der Waals surface area contributed by atoms with Crippen LogP contribution in [0, 0.1) is 25.7 Å². The third-order valence-corrected chi connectivity index (χ3v) is 7.73. The molecule has 1 aromatic rings. The molecule has 3 heterocycles. The summed E-state index contributed by atoms with van der Waals surface area (Å²) < 4.78 is 11.8. The minimum Gasteiger partial charge on any atom is -0.466 e. The Morgan fingerprint density at radius 2 is 2.03 bits per heavy atom. The highest BCUT2D eigenvalue weighted by Crippen LogP contribution is 2.63. The Morgan fingerprint density at radius 1 is 1.30 bits per heavy atom. The summed E-state index contributed by atoms with van der Waals surface area (Å²) in [5, 5.41) is 13.1. The largest absolute Gasteiger partial charge is 0.466 e. The van der Waals surface area contributed by atoms with Gasteiger partial charge in [0.15, 0.2) is 0 Å². The summed E-state index contributed by atoms with van der Waals surface area (Å²) in [6.45, 7) is 9.20. The van der Waals surface area contributed by atoms with Crippen LogP contribution in [-0.2, 0) is 23.9 Å². The standard InChI is InChI=1S/C25H34N2O6/c1-6-16(13-28)27-20(21(29)26-17-12-14(3)8-9-15(17)4)25-11-10-24(5,33-25)19(18(25)22(27)30)23(31)32-7-2/h8-9,12,16,18-20,28H,6-7,10-11,13H2,1-5H3,(H,26,29)/t16-,18-,19-,20?,24+,25?/m0/s1. The maximum atomic E-state index is 13.8. The molecular weight excluding hydrogens is 424 g/mol. The number of aliphatic hydroxyl groups is 1. The van der Waals surface area contributed by atoms with Crippen molar-refractivity contribution in [3.8, 4) is 0 Å². The van der Waals surface area contributed by atoms with Crippen LogP contribution in [0.15, 0.2) is 18.2 Å². The lowest BCUT2D eigenvalue weighted by Crippen LogP contribution is -2.56. The maximum Gasteiger partial charge on any atom is 0.312 e. The van der Waals surface area contributed by atoms with E-state index in [-0.39, 0.29) is 25.0 Å². The highest BCUT2D eigenvalue weighted by Gasteiger charge is 2.78. The van der Waals surface area contributed by atoms with Crippen molar-refractivity contribution in [3.63, 3.8) is 0 Å². The van der Waals surface area contributed by atoms with Crippen LogP contribution in [0.1, 0.15) is 51.2 Å². The fraction of sp³-hybridized carbons (Fsp3) is 0.640. The molecule has 6 atom stereocenters. The number of carbonyl (C=O) groups is 3. The van der Waals surface area contributed by atoms with Crippen molar-refractivity contribution >= 4 is 23.5 Å². The van der Waals surface area contributed by atoms with E-state index in [1.165, 1.54) is 4.90 Å². The molecule has 8 nitrogen and oxygen atoms in total. The summed E-state index contributed by atoms with van der Waals surface area (Å²) in [6, 6.07) is 4.29. The Hall–Kier alpha value is -2.45. The topological polar surface area (TPSA) is 105 Å². The summed E-state index contributed by atoms with van der Waals surface area (Å²) in [6.07, 6.45) is 1.51. The number of ether oxygens (including phenoxy) is 2. The number of carbonyl (C=O) groups excluding carboxylic acids is 3. The van der Waals surface area contributed by atoms with E-state index < -0.39 is 41.1 Å². The second-order valence-corrected chi connectivity index (χ2v) is 9.78. The smallest absolute Gasteiger partial charge is 0.312 e. The Labute approximate surface area is 194 Å². The van der Waals surface area contributed by atoms with Gasteiger partial charge in [-0.1, -0.05) is 19.1 Å². The van der Waals surface area contributed by atoms with Crippen molar-refractivity contribution in [3.05, 3.63) is 29.3 Å². The first-order valence-corrected chi connectivity index (χ1v) is 11.8. The average Bonchev–Trinajstić information content (AvgIpc) is 3.33. The normalized spacial score (nSPS) is 33.2. The van der Waals surface area contributed by atoms with Gasteiger partial charge in [-0.25, -0.2) is 0 Å². The molecule has 3 saturated heterocycles. The molecule has 8 heteroatoms. The van der Waals surface area contributed by atoms with Crippen LogP contribution in [0.3, 0.4) is 0 Å². The summed E-state index contributed by atoms with van der Waals surface area (Å²) in [4.78, 5) is 42.1. The van der Waals surface area contributed by atoms with Crippen molar-refractivity contribution < 1.29 is 29.0 Å². The van der Waals surface area contributed by atoms with Crippen molar-refractivity contribution in [2.45, 2.75) is 77.2 Å². The maximum absolute atomic E-state index is 13.8. The first-order valence-electron chi connectivity index (χ1n) is 11.8. The van der Waals surface area contributed by atoms with Crippen molar-refractivity contribution in [1.82, 2.24) is 4.90 Å². The van der Waals surface area contributed by atoms with E-state index in [0.29, 0.717) is 24.9 Å². The van der Waals surface area contributed by atoms with Crippen molar-refractivity contribution in [2.75, 3.05) is 18.5 Å². The van der Waals surface area contributed by atoms with Gasteiger partial charge in [-0.15, -0.1) is 0 Å². The van der Waals surface area contributed by atoms with Crippen LogP contribution >= 0.6 is 0 Å². The molecule has 0 aliphatic carbocycles. The van der Waals surface area contributed by atoms with Gasteiger partial charge in [0.25, 0.3) is 0 Å². The molecule has 2 bridgehead atoms. The first-order chi connectivity index (χ1) is 15.6. The number of anilines is 1. The number of amides is 2. The summed E-state index contributed by atoms with van der Waals surface area (Å²) in [5.74, 6) is -2.74. The molecular formula is C25H34N2O6. The van der Waals surface area contributed by atoms with Crippen LogP contribution < -0.4 is 5.32 Å². The van der Waals surface area contributed by atoms with Crippen LogP contribution in [0.5, 0.6) is 0 Å². The highest BCUT2D eigenvalue weighted by molar-refractivity contribution is 6.03. The number of hydrogen-bond donors (Lipinski definition) is 2. The predicted octanol–water partition coefficient (Wildman–Crippen LogP) is 2.34. The van der Waals surface area contributed by atoms with Crippen LogP contribution in [-0.4, -0.2) is 64.3 Å². The molecule has 33 heavy (non-hydrogen) atoms. The minimum atomic E-state index is -1.13. The summed E-state index contributed by atoms with van der Waals surface area (Å²) in [5.41, 5.74) is 0.581. The molecule has 4 rings (SSSR count). The number of hydrogen-bond acceptors (Lipinski definition) is 6. The van der Waals surface area contributed by atoms with E-state index in [9.17, 15) is 19.5 Å². The SMILES string of the molecule is CCOC(=O)[C@@H]1[C@H]2C(=O)N([C@@H](CC)CO)C(C(=O)Nc3cc(C)ccc3C)C23CC[C@@]1(C)O3. The third-order valence-electron chi connectivity index (χ3n) is 7.73. The number of rotatable bonds is 7. The van der Waals surface area contributed by atoms with Gasteiger partial charge < -0.3 is 24.8 Å². The van der Waals surface area contributed by atoms with Crippen LogP contribution in [0.25, 0.3) is 0 Å². The van der Waals surface area contributed by atoms with Gasteiger partial charge in [0, 0.05) is 5.69 Å². The molecule has 1 aromatic carbocycles. The molecule has 0 radical (unpaired) electrons. The fourth-order valence-electron chi connectivity index (χ4n) is 6.13. The molecule has 3 aliphatic heterocycles. The van der Waals surface area contributed by atoms with Gasteiger partial charge in [-0.3, -0.25) is 14.4 Å². The molecule has 180 valence electrons. The zero-order valence-electron chi connectivity index (χ0n) is 20.0. The number of likely N-dealkylation sites (tertiary alicyclic amines) is 1. The van der Waals surface area contributed by atoms with Crippen LogP contribution in [0.2, 0.25) is 0 Å². The van der Waals surface area contributed by atoms with Crippen molar-refractivity contribution in [1.29, 1.82) is 0 Å². The van der Waals surface area contributed by atoms with E-state index in [1.807, 2.05) is 45.9 Å². The number of aliphatic hydroxyl groups excluding tert-OH is 1. The van der Waals surface area contributed by atoms with E-state index in [0.717, 1.165) is 11.1 Å². The van der Waals surface area contributed by atoms with Gasteiger partial charge >= 0.3 is 5.97 Å². The minimum absolute atomic E-state index is 0.202. The average molecular weight is 459 g/mol. The monoisotopic (exact) mass is 458 g/mol. The second kappa shape index (κ2) is 8.40. The summed E-state index contributed by atoms with van der Waals surface area (Å²) in [7, 11) is 0. The van der Waals surface area contributed by atoms with Gasteiger partial charge in [-0.2, -0.15) is 0 Å². The Bertz CT molecular complexity index is 976. The molecule has 1 spiro atoms. The number of aryl methyl sites for hydroxylation is 2. The van der Waals surface area contributed by atoms with E-state index in [4.69, 9.17) is 9.47 Å². The third kappa shape index (κ3) is 3.46. The summed E-state index contributed by atoms with van der Waals surface area (Å²) >= 11 is 0. The van der Waals surface area contributed by atoms with Gasteiger partial charge in [0.2, 0.25) is 11.8 Å². The van der Waals surface area contributed by atoms with E-state index >= 15 is 0 Å². The molecule has 3 aliphatic rings. The van der Waals surface area contributed by atoms with E-state index in [2.05, 4.69) is 5.32 Å². The number of benzene rings is 1. The predicted molar refractivity (Wildman–Crippen MR) is 121 cm³/mol. The fourth-order valence-corrected chi connectivity index (χ4v) is 6.13. The lowest BCUT2D eigenvalue weighted by atomic mass is 9.66. The zero-order valence-corrected chi connectivity index (χ0v) is 20.0. The molecule has 2 unspecified atom stereocenters. The molecule has 3 fully saturated rings. The zero-order chi connectivity index (χ0) is 24.1. The number of fused-ring (bicyclic) bond motifs is 1. The second-order valence-electron chi connectivity index (χ2n) is 9.78. The Balaban J connectivity index is 1.78. The van der Waals surface area contributed by atoms with Gasteiger partial charge in [0.1, 0.15) is 17.6 Å². The quantitative estimate of drug-likeness (QED) is 0.608. The lowest BCUT2D eigenvalue weighted by molar-refractivity contribution is -0.160. The van der Waals surface area contributed by atoms with Gasteiger partial charge in [0.05, 0.1) is 30.8 Å². The molecule has 2 amide bonds. The van der Waals surface area contributed by atoms with Crippen molar-refractivity contribution in [2.24, 2.45) is 11.8 Å². The molecule has 2 N–H and O–H groups in total. The van der Waals surface area contributed by atoms with E-state index in [1.54, 1.807) is 6.92 Å².